The number of carbonyl (C=O) groups is 1. The van der Waals surface area contributed by atoms with E-state index in [1.165, 1.54) is 0 Å². The Morgan fingerprint density at radius 2 is 2.21 bits per heavy atom. The Balaban J connectivity index is 1.58. The van der Waals surface area contributed by atoms with Crippen molar-refractivity contribution < 1.29 is 30.3 Å². The van der Waals surface area contributed by atoms with Crippen molar-refractivity contribution in [2.24, 2.45) is 17.8 Å². The third-order valence-corrected chi connectivity index (χ3v) is 6.36. The van der Waals surface area contributed by atoms with Crippen LogP contribution in [0.4, 0.5) is 0 Å². The second-order valence-corrected chi connectivity index (χ2v) is 8.19. The van der Waals surface area contributed by atoms with Crippen LogP contribution in [0.2, 0.25) is 0 Å². The van der Waals surface area contributed by atoms with Gasteiger partial charge in [0.15, 0.2) is 6.61 Å². The fraction of sp³-hybridized carbons (Fsp3) is 0.696. The summed E-state index contributed by atoms with van der Waals surface area (Å²) in [6.45, 7) is -2.36. The minimum absolute atomic E-state index is 0.00371. The van der Waals surface area contributed by atoms with Crippen molar-refractivity contribution in [3.8, 4) is 5.75 Å². The molecule has 0 radical (unpaired) electrons. The molecule has 5 heteroatoms. The van der Waals surface area contributed by atoms with Crippen molar-refractivity contribution in [1.29, 1.82) is 0 Å². The fourth-order valence-corrected chi connectivity index (χ4v) is 4.99. The summed E-state index contributed by atoms with van der Waals surface area (Å²) in [7, 11) is 0. The maximum atomic E-state index is 10.9. The van der Waals surface area contributed by atoms with Crippen LogP contribution in [0.5, 0.6) is 5.75 Å². The largest absolute Gasteiger partial charge is 0.482 e. The molecule has 1 aromatic carbocycles. The molecule has 0 aromatic heterocycles. The standard InChI is InChI=1S/C23H34O5/c1-2-3-4-7-17(24)9-10-18-19-11-15-6-5-8-22(28-14-23(26)27)20(15)12-16(19)13-21(18)25/h5-6,8,16-19,21,24-25H,2-4,7,9-14H2,1H3,(H,26,27)/t16-,17+,18+,19-,21+/m0/s1/i1D3,17D. The number of aliphatic hydroxyl groups is 2. The summed E-state index contributed by atoms with van der Waals surface area (Å²) < 4.78 is 35.4. The molecule has 0 bridgehead atoms. The van der Waals surface area contributed by atoms with Crippen molar-refractivity contribution in [2.75, 3.05) is 6.61 Å². The lowest BCUT2D eigenvalue weighted by Gasteiger charge is -2.32. The lowest BCUT2D eigenvalue weighted by molar-refractivity contribution is -0.139. The molecular formula is C23H34O5. The maximum absolute atomic E-state index is 10.9. The lowest BCUT2D eigenvalue weighted by atomic mass is 9.73. The van der Waals surface area contributed by atoms with Crippen molar-refractivity contribution in [2.45, 2.75) is 76.8 Å². The number of rotatable bonds is 10. The van der Waals surface area contributed by atoms with E-state index in [9.17, 15) is 15.0 Å². The van der Waals surface area contributed by atoms with Gasteiger partial charge in [-0.3, -0.25) is 0 Å². The van der Waals surface area contributed by atoms with Crippen molar-refractivity contribution >= 4 is 5.97 Å². The molecule has 2 aliphatic carbocycles. The monoisotopic (exact) mass is 394 g/mol. The van der Waals surface area contributed by atoms with Gasteiger partial charge >= 0.3 is 5.97 Å². The van der Waals surface area contributed by atoms with E-state index < -0.39 is 25.0 Å². The molecule has 1 aromatic rings. The van der Waals surface area contributed by atoms with Gasteiger partial charge in [0, 0.05) is 4.11 Å². The molecule has 0 heterocycles. The molecule has 3 N–H and O–H groups in total. The van der Waals surface area contributed by atoms with Crippen LogP contribution in [0.15, 0.2) is 18.2 Å². The van der Waals surface area contributed by atoms with Crippen LogP contribution in [0.3, 0.4) is 0 Å². The number of carboxylic acids is 1. The summed E-state index contributed by atoms with van der Waals surface area (Å²) in [6.07, 6.45) is 2.10. The van der Waals surface area contributed by atoms with E-state index in [2.05, 4.69) is 0 Å². The van der Waals surface area contributed by atoms with Crippen LogP contribution in [0.25, 0.3) is 0 Å². The zero-order valence-electron chi connectivity index (χ0n) is 20.3. The van der Waals surface area contributed by atoms with Gasteiger partial charge in [-0.05, 0) is 73.5 Å². The highest BCUT2D eigenvalue weighted by Crippen LogP contribution is 2.48. The molecule has 5 atom stereocenters. The molecule has 0 amide bonds. The Labute approximate surface area is 173 Å². The lowest BCUT2D eigenvalue weighted by Crippen LogP contribution is -2.28. The van der Waals surface area contributed by atoms with Gasteiger partial charge in [0.2, 0.25) is 0 Å². The average Bonchev–Trinajstić information content (AvgIpc) is 2.99. The topological polar surface area (TPSA) is 87.0 Å². The number of hydrogen-bond acceptors (Lipinski definition) is 4. The van der Waals surface area contributed by atoms with Crippen LogP contribution < -0.4 is 4.74 Å². The smallest absolute Gasteiger partial charge is 0.341 e. The van der Waals surface area contributed by atoms with E-state index in [0.717, 1.165) is 24.0 Å². The second kappa shape index (κ2) is 9.75. The third-order valence-electron chi connectivity index (χ3n) is 6.36. The van der Waals surface area contributed by atoms with Crippen LogP contribution >= 0.6 is 0 Å². The molecule has 5 nitrogen and oxygen atoms in total. The van der Waals surface area contributed by atoms with Crippen LogP contribution in [0, 0.1) is 17.8 Å². The van der Waals surface area contributed by atoms with Gasteiger partial charge in [-0.2, -0.15) is 0 Å². The first kappa shape index (κ1) is 16.2. The van der Waals surface area contributed by atoms with E-state index in [4.69, 9.17) is 15.3 Å². The Bertz CT molecular complexity index is 795. The van der Waals surface area contributed by atoms with Gasteiger partial charge in [-0.1, -0.05) is 38.2 Å². The zero-order chi connectivity index (χ0) is 23.5. The highest BCUT2D eigenvalue weighted by atomic mass is 16.5. The van der Waals surface area contributed by atoms with Crippen molar-refractivity contribution in [3.05, 3.63) is 29.3 Å². The summed E-state index contributed by atoms with van der Waals surface area (Å²) >= 11 is 0. The molecule has 2 aliphatic rings. The molecule has 3 rings (SSSR count). The predicted molar refractivity (Wildman–Crippen MR) is 107 cm³/mol. The zero-order valence-corrected chi connectivity index (χ0v) is 16.3. The normalized spacial score (nSPS) is 30.8. The minimum Gasteiger partial charge on any atom is -0.482 e. The van der Waals surface area contributed by atoms with E-state index in [1.807, 2.05) is 12.1 Å². The summed E-state index contributed by atoms with van der Waals surface area (Å²) in [4.78, 5) is 10.9. The molecule has 0 saturated heterocycles. The quantitative estimate of drug-likeness (QED) is 0.528. The third kappa shape index (κ3) is 5.06. The first-order valence-corrected chi connectivity index (χ1v) is 10.3. The number of benzene rings is 1. The SMILES string of the molecule is [2H]C([2H])([2H])CCCC[C@@]([2H])(O)CC[C@@H]1[C@H]2Cc3cccc(OCC(=O)O)c3C[C@H]2C[C@H]1O. The van der Waals surface area contributed by atoms with E-state index >= 15 is 0 Å². The number of aliphatic hydroxyl groups excluding tert-OH is 1. The van der Waals surface area contributed by atoms with Crippen molar-refractivity contribution in [3.63, 3.8) is 0 Å². The van der Waals surface area contributed by atoms with Crippen LogP contribution in [-0.2, 0) is 17.6 Å². The number of aliphatic carboxylic acids is 1. The van der Waals surface area contributed by atoms with Crippen LogP contribution in [0.1, 0.15) is 68.4 Å². The molecule has 0 unspecified atom stereocenters. The summed E-state index contributed by atoms with van der Waals surface area (Å²) in [5.41, 5.74) is 2.13. The Hall–Kier alpha value is -1.59. The first-order valence-electron chi connectivity index (χ1n) is 12.3. The highest BCUT2D eigenvalue weighted by molar-refractivity contribution is 5.68. The van der Waals surface area contributed by atoms with E-state index in [0.29, 0.717) is 31.4 Å². The minimum atomic E-state index is -1.97. The summed E-state index contributed by atoms with van der Waals surface area (Å²) in [6, 6.07) is 5.67. The van der Waals surface area contributed by atoms with Gasteiger partial charge in [0.25, 0.3) is 0 Å². The summed E-state index contributed by atoms with van der Waals surface area (Å²) in [5, 5.41) is 30.1. The molecule has 1 fully saturated rings. The average molecular weight is 395 g/mol. The van der Waals surface area contributed by atoms with Gasteiger partial charge in [0.1, 0.15) is 5.75 Å². The molecule has 1 saturated carbocycles. The van der Waals surface area contributed by atoms with Gasteiger partial charge < -0.3 is 20.1 Å². The number of carboxylic acid groups (broad SMARTS) is 1. The molecule has 0 spiro atoms. The number of unbranched alkanes of at least 4 members (excludes halogenated alkanes) is 1. The predicted octanol–water partition coefficient (Wildman–Crippen LogP) is 3.58. The van der Waals surface area contributed by atoms with E-state index in [1.54, 1.807) is 6.07 Å². The van der Waals surface area contributed by atoms with E-state index in [-0.39, 0.29) is 43.6 Å². The van der Waals surface area contributed by atoms with Crippen LogP contribution in [-0.4, -0.2) is 40.1 Å². The number of ether oxygens (including phenoxy) is 1. The number of hydrogen-bond donors (Lipinski definition) is 3. The Morgan fingerprint density at radius 3 is 3.00 bits per heavy atom. The Kier molecular flexibility index (Phi) is 5.65. The molecule has 156 valence electrons. The Morgan fingerprint density at radius 1 is 1.36 bits per heavy atom. The van der Waals surface area contributed by atoms with Crippen molar-refractivity contribution in [1.82, 2.24) is 0 Å². The molecule has 28 heavy (non-hydrogen) atoms. The second-order valence-electron chi connectivity index (χ2n) is 8.19. The fourth-order valence-electron chi connectivity index (χ4n) is 4.99. The first-order chi connectivity index (χ1) is 15.0. The number of fused-ring (bicyclic) bond motifs is 2. The maximum Gasteiger partial charge on any atom is 0.341 e. The van der Waals surface area contributed by atoms with Gasteiger partial charge in [-0.25, -0.2) is 4.79 Å². The molecular weight excluding hydrogens is 356 g/mol. The highest BCUT2D eigenvalue weighted by Gasteiger charge is 2.44. The van der Waals surface area contributed by atoms with Gasteiger partial charge in [0.05, 0.1) is 13.6 Å². The molecule has 0 aliphatic heterocycles. The van der Waals surface area contributed by atoms with Gasteiger partial charge in [-0.15, -0.1) is 0 Å². The summed E-state index contributed by atoms with van der Waals surface area (Å²) in [5.74, 6) is 0.0811.